The van der Waals surface area contributed by atoms with Gasteiger partial charge in [-0.15, -0.1) is 0 Å². The number of rotatable bonds is 4. The Balaban J connectivity index is 2.22. The molecule has 0 fully saturated rings. The van der Waals surface area contributed by atoms with Gasteiger partial charge in [-0.1, -0.05) is 11.6 Å². The number of nitrogens with zero attached hydrogens (tertiary/aromatic N) is 1. The smallest absolute Gasteiger partial charge is 0.252 e. The first-order chi connectivity index (χ1) is 9.45. The van der Waals surface area contributed by atoms with Crippen molar-refractivity contribution in [1.29, 1.82) is 0 Å². The third-order valence-corrected chi connectivity index (χ3v) is 2.75. The number of carbonyl (C=O) groups is 1. The highest BCUT2D eigenvalue weighted by atomic mass is 35.5. The molecule has 1 aromatic heterocycles. The highest BCUT2D eigenvalue weighted by Gasteiger charge is 2.10. The second kappa shape index (κ2) is 5.83. The van der Waals surface area contributed by atoms with Crippen molar-refractivity contribution < 1.29 is 13.6 Å². The lowest BCUT2D eigenvalue weighted by Gasteiger charge is -2.10. The summed E-state index contributed by atoms with van der Waals surface area (Å²) in [5.41, 5.74) is 6.07. The first-order valence-corrected chi connectivity index (χ1v) is 5.97. The van der Waals surface area contributed by atoms with Gasteiger partial charge < -0.3 is 11.1 Å². The van der Waals surface area contributed by atoms with E-state index in [1.807, 2.05) is 0 Å². The fourth-order valence-corrected chi connectivity index (χ4v) is 1.84. The van der Waals surface area contributed by atoms with Crippen molar-refractivity contribution in [1.82, 2.24) is 4.98 Å². The number of benzene rings is 1. The van der Waals surface area contributed by atoms with Crippen LogP contribution in [0.5, 0.6) is 0 Å². The summed E-state index contributed by atoms with van der Waals surface area (Å²) < 4.78 is 26.1. The minimum Gasteiger partial charge on any atom is -0.380 e. The average molecular weight is 298 g/mol. The molecule has 104 valence electrons. The van der Waals surface area contributed by atoms with Crippen LogP contribution in [-0.4, -0.2) is 10.9 Å². The zero-order chi connectivity index (χ0) is 14.7. The third-order valence-electron chi connectivity index (χ3n) is 2.54. The third kappa shape index (κ3) is 3.42. The zero-order valence-electron chi connectivity index (χ0n) is 10.2. The van der Waals surface area contributed by atoms with E-state index in [0.717, 1.165) is 6.07 Å². The Labute approximate surface area is 118 Å². The van der Waals surface area contributed by atoms with E-state index in [1.54, 1.807) is 0 Å². The number of amides is 1. The monoisotopic (exact) mass is 297 g/mol. The number of anilines is 1. The molecule has 2 aromatic rings. The summed E-state index contributed by atoms with van der Waals surface area (Å²) in [6.07, 6.45) is 1.24. The molecule has 0 aliphatic rings. The topological polar surface area (TPSA) is 68.0 Å². The zero-order valence-corrected chi connectivity index (χ0v) is 10.9. The van der Waals surface area contributed by atoms with Crippen LogP contribution in [0.3, 0.4) is 0 Å². The molecule has 0 unspecified atom stereocenters. The summed E-state index contributed by atoms with van der Waals surface area (Å²) in [7, 11) is 0. The lowest BCUT2D eigenvalue weighted by Crippen LogP contribution is -2.15. The van der Waals surface area contributed by atoms with Crippen molar-refractivity contribution >= 4 is 23.2 Å². The number of pyridine rings is 1. The predicted molar refractivity (Wildman–Crippen MR) is 71.4 cm³/mol. The summed E-state index contributed by atoms with van der Waals surface area (Å²) >= 11 is 5.73. The van der Waals surface area contributed by atoms with Gasteiger partial charge in [-0.3, -0.25) is 4.79 Å². The van der Waals surface area contributed by atoms with Gasteiger partial charge in [0.2, 0.25) is 0 Å². The normalized spacial score (nSPS) is 10.3. The van der Waals surface area contributed by atoms with Crippen LogP contribution in [-0.2, 0) is 6.54 Å². The van der Waals surface area contributed by atoms with Crippen LogP contribution in [0.15, 0.2) is 30.5 Å². The van der Waals surface area contributed by atoms with Gasteiger partial charge in [-0.2, -0.15) is 0 Å². The van der Waals surface area contributed by atoms with Crippen LogP contribution in [0.1, 0.15) is 15.9 Å². The van der Waals surface area contributed by atoms with Crippen LogP contribution < -0.4 is 11.1 Å². The van der Waals surface area contributed by atoms with Gasteiger partial charge in [0.15, 0.2) is 0 Å². The fraction of sp³-hybridized carbons (Fsp3) is 0.0769. The molecule has 1 amide bonds. The quantitative estimate of drug-likeness (QED) is 0.853. The second-order valence-electron chi connectivity index (χ2n) is 4.05. The van der Waals surface area contributed by atoms with Gasteiger partial charge >= 0.3 is 0 Å². The van der Waals surface area contributed by atoms with Crippen LogP contribution >= 0.6 is 11.6 Å². The Morgan fingerprint density at radius 2 is 1.90 bits per heavy atom. The van der Waals surface area contributed by atoms with Crippen molar-refractivity contribution in [3.63, 3.8) is 0 Å². The number of aromatic nitrogens is 1. The number of nitrogens with two attached hydrogens (primary N) is 1. The van der Waals surface area contributed by atoms with Gasteiger partial charge in [-0.05, 0) is 23.8 Å². The van der Waals surface area contributed by atoms with Crippen molar-refractivity contribution in [2.45, 2.75) is 6.54 Å². The summed E-state index contributed by atoms with van der Waals surface area (Å²) in [4.78, 5) is 15.0. The molecule has 0 aliphatic carbocycles. The van der Waals surface area contributed by atoms with E-state index in [2.05, 4.69) is 10.3 Å². The van der Waals surface area contributed by atoms with E-state index in [0.29, 0.717) is 11.3 Å². The van der Waals surface area contributed by atoms with Crippen LogP contribution in [0.25, 0.3) is 0 Å². The molecular formula is C13H10ClF2N3O. The highest BCUT2D eigenvalue weighted by molar-refractivity contribution is 6.29. The van der Waals surface area contributed by atoms with E-state index in [9.17, 15) is 13.6 Å². The Kier molecular flexibility index (Phi) is 4.14. The van der Waals surface area contributed by atoms with E-state index in [1.165, 1.54) is 24.4 Å². The van der Waals surface area contributed by atoms with Crippen molar-refractivity contribution in [3.8, 4) is 0 Å². The number of halogens is 3. The van der Waals surface area contributed by atoms with Crippen molar-refractivity contribution in [2.75, 3.05) is 5.32 Å². The molecule has 7 heteroatoms. The van der Waals surface area contributed by atoms with E-state index in [-0.39, 0.29) is 17.3 Å². The molecule has 0 saturated carbocycles. The number of nitrogens with one attached hydrogen (secondary N) is 1. The lowest BCUT2D eigenvalue weighted by molar-refractivity contribution is 0.100. The number of carbonyl (C=O) groups excluding carboxylic acids is 1. The molecule has 0 saturated heterocycles. The summed E-state index contributed by atoms with van der Waals surface area (Å²) in [6, 6.07) is 4.56. The molecule has 20 heavy (non-hydrogen) atoms. The molecule has 0 aliphatic heterocycles. The number of hydrogen-bond donors (Lipinski definition) is 2. The standard InChI is InChI=1S/C13H10ClF2N3O/c14-12-4-11(10(6-19-12)13(17)20)18-5-7-1-8(15)3-9(16)2-7/h1-4,6H,5H2,(H2,17,20)(H,18,19). The summed E-state index contributed by atoms with van der Waals surface area (Å²) in [5.74, 6) is -2.03. The minimum absolute atomic E-state index is 0.106. The first kappa shape index (κ1) is 14.2. The molecule has 0 bridgehead atoms. The molecule has 0 atom stereocenters. The predicted octanol–water partition coefficient (Wildman–Crippen LogP) is 2.72. The molecular weight excluding hydrogens is 288 g/mol. The molecule has 1 heterocycles. The molecule has 4 nitrogen and oxygen atoms in total. The van der Waals surface area contributed by atoms with Crippen LogP contribution in [0.4, 0.5) is 14.5 Å². The molecule has 3 N–H and O–H groups in total. The number of primary amides is 1. The SMILES string of the molecule is NC(=O)c1cnc(Cl)cc1NCc1cc(F)cc(F)c1. The summed E-state index contributed by atoms with van der Waals surface area (Å²) in [6.45, 7) is 0.106. The van der Waals surface area contributed by atoms with Crippen LogP contribution in [0, 0.1) is 11.6 Å². The van der Waals surface area contributed by atoms with Gasteiger partial charge in [0, 0.05) is 18.8 Å². The molecule has 1 aromatic carbocycles. The van der Waals surface area contributed by atoms with Crippen molar-refractivity contribution in [2.24, 2.45) is 5.73 Å². The lowest BCUT2D eigenvalue weighted by atomic mass is 10.2. The maximum Gasteiger partial charge on any atom is 0.252 e. The maximum absolute atomic E-state index is 13.1. The Hall–Kier alpha value is -2.21. The second-order valence-corrected chi connectivity index (χ2v) is 4.44. The Morgan fingerprint density at radius 3 is 2.50 bits per heavy atom. The van der Waals surface area contributed by atoms with Gasteiger partial charge in [0.1, 0.15) is 16.8 Å². The fourth-order valence-electron chi connectivity index (χ4n) is 1.68. The largest absolute Gasteiger partial charge is 0.380 e. The minimum atomic E-state index is -0.679. The van der Waals surface area contributed by atoms with Gasteiger partial charge in [0.25, 0.3) is 5.91 Å². The van der Waals surface area contributed by atoms with Crippen molar-refractivity contribution in [3.05, 3.63) is 58.4 Å². The average Bonchev–Trinajstić information content (AvgIpc) is 2.35. The first-order valence-electron chi connectivity index (χ1n) is 5.60. The van der Waals surface area contributed by atoms with E-state index in [4.69, 9.17) is 17.3 Å². The molecule has 0 radical (unpaired) electrons. The highest BCUT2D eigenvalue weighted by Crippen LogP contribution is 2.19. The summed E-state index contributed by atoms with van der Waals surface area (Å²) in [5, 5.41) is 3.02. The Morgan fingerprint density at radius 1 is 1.25 bits per heavy atom. The maximum atomic E-state index is 13.1. The Bertz CT molecular complexity index is 644. The van der Waals surface area contributed by atoms with E-state index >= 15 is 0 Å². The van der Waals surface area contributed by atoms with E-state index < -0.39 is 17.5 Å². The van der Waals surface area contributed by atoms with Gasteiger partial charge in [-0.25, -0.2) is 13.8 Å². The number of hydrogen-bond acceptors (Lipinski definition) is 3. The van der Waals surface area contributed by atoms with Crippen LogP contribution in [0.2, 0.25) is 5.15 Å². The molecule has 2 rings (SSSR count). The molecule has 0 spiro atoms. The van der Waals surface area contributed by atoms with Gasteiger partial charge in [0.05, 0.1) is 11.3 Å².